The maximum absolute atomic E-state index is 10.5. The smallest absolute Gasteiger partial charge is 0.407 e. The minimum absolute atomic E-state index is 0.347. The molecule has 0 aromatic heterocycles. The largest absolute Gasteiger partial charge is 0.465 e. The molecule has 2 N–H and O–H groups in total. The second-order valence-corrected chi connectivity index (χ2v) is 2.79. The van der Waals surface area contributed by atoms with Crippen LogP contribution in [0.1, 0.15) is 13.3 Å². The van der Waals surface area contributed by atoms with Crippen LogP contribution in [0, 0.1) is 0 Å². The van der Waals surface area contributed by atoms with Gasteiger partial charge in [-0.2, -0.15) is 0 Å². The summed E-state index contributed by atoms with van der Waals surface area (Å²) in [5.41, 5.74) is 0. The van der Waals surface area contributed by atoms with Gasteiger partial charge in [0.25, 0.3) is 0 Å². The van der Waals surface area contributed by atoms with E-state index in [1.807, 2.05) is 0 Å². The Hall–Kier alpha value is -0.770. The molecule has 64 valence electrons. The standard InChI is InChI=1S/C7H14N2O2/c1-2-6-5-9(7(10)11)4-3-8-6/h6,8H,2-5H2,1H3,(H,10,11)/t6-/m0/s1. The van der Waals surface area contributed by atoms with Crippen molar-refractivity contribution >= 4 is 6.09 Å². The van der Waals surface area contributed by atoms with Crippen LogP contribution in [-0.2, 0) is 0 Å². The third-order valence-corrected chi connectivity index (χ3v) is 2.02. The van der Waals surface area contributed by atoms with Crippen LogP contribution in [0.3, 0.4) is 0 Å². The molecule has 0 saturated carbocycles. The van der Waals surface area contributed by atoms with Crippen molar-refractivity contribution in [2.24, 2.45) is 0 Å². The highest BCUT2D eigenvalue weighted by Gasteiger charge is 2.20. The lowest BCUT2D eigenvalue weighted by Gasteiger charge is -2.31. The van der Waals surface area contributed by atoms with Gasteiger partial charge in [0.1, 0.15) is 0 Å². The number of rotatable bonds is 1. The van der Waals surface area contributed by atoms with E-state index in [0.717, 1.165) is 13.0 Å². The first-order valence-electron chi connectivity index (χ1n) is 3.95. The summed E-state index contributed by atoms with van der Waals surface area (Å²) in [5, 5.41) is 11.9. The molecule has 1 atom stereocenters. The fourth-order valence-electron chi connectivity index (χ4n) is 1.27. The molecule has 1 heterocycles. The van der Waals surface area contributed by atoms with Gasteiger partial charge >= 0.3 is 6.09 Å². The fourth-order valence-corrected chi connectivity index (χ4v) is 1.27. The van der Waals surface area contributed by atoms with E-state index in [1.165, 1.54) is 4.90 Å². The molecular formula is C7H14N2O2. The lowest BCUT2D eigenvalue weighted by Crippen LogP contribution is -2.51. The van der Waals surface area contributed by atoms with Crippen molar-refractivity contribution in [1.82, 2.24) is 10.2 Å². The molecule has 1 saturated heterocycles. The van der Waals surface area contributed by atoms with Crippen LogP contribution in [0.15, 0.2) is 0 Å². The molecule has 11 heavy (non-hydrogen) atoms. The van der Waals surface area contributed by atoms with Crippen LogP contribution in [0.5, 0.6) is 0 Å². The Labute approximate surface area is 66.2 Å². The summed E-state index contributed by atoms with van der Waals surface area (Å²) in [6, 6.07) is 0.347. The molecule has 0 radical (unpaired) electrons. The fraction of sp³-hybridized carbons (Fsp3) is 0.857. The zero-order valence-electron chi connectivity index (χ0n) is 6.71. The van der Waals surface area contributed by atoms with Gasteiger partial charge in [0, 0.05) is 25.7 Å². The van der Waals surface area contributed by atoms with E-state index in [0.29, 0.717) is 19.1 Å². The Balaban J connectivity index is 2.39. The molecule has 1 aliphatic heterocycles. The highest BCUT2D eigenvalue weighted by atomic mass is 16.4. The van der Waals surface area contributed by atoms with Crippen molar-refractivity contribution < 1.29 is 9.90 Å². The van der Waals surface area contributed by atoms with E-state index in [1.54, 1.807) is 0 Å². The van der Waals surface area contributed by atoms with E-state index < -0.39 is 6.09 Å². The van der Waals surface area contributed by atoms with E-state index in [-0.39, 0.29) is 0 Å². The van der Waals surface area contributed by atoms with Gasteiger partial charge in [-0.25, -0.2) is 4.79 Å². The summed E-state index contributed by atoms with van der Waals surface area (Å²) in [5.74, 6) is 0. The van der Waals surface area contributed by atoms with Crippen LogP contribution < -0.4 is 5.32 Å². The number of hydrogen-bond donors (Lipinski definition) is 2. The van der Waals surface area contributed by atoms with E-state index in [2.05, 4.69) is 12.2 Å². The van der Waals surface area contributed by atoms with Crippen LogP contribution in [0.4, 0.5) is 4.79 Å². The first-order chi connectivity index (χ1) is 5.24. The van der Waals surface area contributed by atoms with Crippen molar-refractivity contribution in [3.05, 3.63) is 0 Å². The second-order valence-electron chi connectivity index (χ2n) is 2.79. The van der Waals surface area contributed by atoms with Crippen molar-refractivity contribution in [1.29, 1.82) is 0 Å². The minimum Gasteiger partial charge on any atom is -0.465 e. The van der Waals surface area contributed by atoms with Crippen molar-refractivity contribution in [2.75, 3.05) is 19.6 Å². The number of hydrogen-bond acceptors (Lipinski definition) is 2. The predicted molar refractivity (Wildman–Crippen MR) is 41.7 cm³/mol. The third kappa shape index (κ3) is 2.08. The molecule has 4 nitrogen and oxygen atoms in total. The summed E-state index contributed by atoms with van der Waals surface area (Å²) in [6.07, 6.45) is 0.189. The van der Waals surface area contributed by atoms with Gasteiger partial charge in [-0.15, -0.1) is 0 Å². The number of piperazine rings is 1. The Bertz CT molecular complexity index is 149. The van der Waals surface area contributed by atoms with Crippen molar-refractivity contribution in [3.8, 4) is 0 Å². The van der Waals surface area contributed by atoms with Gasteiger partial charge in [0.15, 0.2) is 0 Å². The third-order valence-electron chi connectivity index (χ3n) is 2.02. The highest BCUT2D eigenvalue weighted by molar-refractivity contribution is 5.65. The molecule has 1 fully saturated rings. The topological polar surface area (TPSA) is 52.6 Å². The van der Waals surface area contributed by atoms with Crippen LogP contribution in [-0.4, -0.2) is 41.8 Å². The average Bonchev–Trinajstić information content (AvgIpc) is 2.05. The second kappa shape index (κ2) is 3.57. The average molecular weight is 158 g/mol. The molecule has 0 aromatic rings. The van der Waals surface area contributed by atoms with Gasteiger partial charge < -0.3 is 15.3 Å². The van der Waals surface area contributed by atoms with Gasteiger partial charge in [-0.3, -0.25) is 0 Å². The first-order valence-corrected chi connectivity index (χ1v) is 3.95. The molecule has 0 unspecified atom stereocenters. The van der Waals surface area contributed by atoms with Gasteiger partial charge in [-0.1, -0.05) is 6.92 Å². The van der Waals surface area contributed by atoms with Gasteiger partial charge in [0.05, 0.1) is 0 Å². The van der Waals surface area contributed by atoms with Crippen molar-refractivity contribution in [3.63, 3.8) is 0 Å². The molecule has 0 aromatic carbocycles. The summed E-state index contributed by atoms with van der Waals surface area (Å²) in [6.45, 7) is 4.09. The van der Waals surface area contributed by atoms with Crippen LogP contribution in [0.2, 0.25) is 0 Å². The number of nitrogens with one attached hydrogen (secondary N) is 1. The zero-order valence-corrected chi connectivity index (χ0v) is 6.71. The molecule has 1 aliphatic rings. The summed E-state index contributed by atoms with van der Waals surface area (Å²) >= 11 is 0. The van der Waals surface area contributed by atoms with Crippen LogP contribution >= 0.6 is 0 Å². The number of nitrogens with zero attached hydrogens (tertiary/aromatic N) is 1. The van der Waals surface area contributed by atoms with Crippen molar-refractivity contribution in [2.45, 2.75) is 19.4 Å². The minimum atomic E-state index is -0.801. The summed E-state index contributed by atoms with van der Waals surface area (Å²) in [4.78, 5) is 12.0. The Morgan fingerprint density at radius 3 is 3.09 bits per heavy atom. The van der Waals surface area contributed by atoms with Gasteiger partial charge in [0.2, 0.25) is 0 Å². The molecule has 1 rings (SSSR count). The number of amides is 1. The van der Waals surface area contributed by atoms with E-state index >= 15 is 0 Å². The molecule has 1 amide bonds. The molecule has 0 bridgehead atoms. The summed E-state index contributed by atoms with van der Waals surface area (Å²) < 4.78 is 0. The normalized spacial score (nSPS) is 25.2. The Morgan fingerprint density at radius 1 is 1.82 bits per heavy atom. The lowest BCUT2D eigenvalue weighted by atomic mass is 10.2. The SMILES string of the molecule is CC[C@H]1CN(C(=O)O)CCN1. The van der Waals surface area contributed by atoms with Gasteiger partial charge in [-0.05, 0) is 6.42 Å². The monoisotopic (exact) mass is 158 g/mol. The molecule has 4 heteroatoms. The lowest BCUT2D eigenvalue weighted by molar-refractivity contribution is 0.128. The molecular weight excluding hydrogens is 144 g/mol. The maximum Gasteiger partial charge on any atom is 0.407 e. The highest BCUT2D eigenvalue weighted by Crippen LogP contribution is 2.01. The first kappa shape index (κ1) is 8.33. The Morgan fingerprint density at radius 2 is 2.55 bits per heavy atom. The summed E-state index contributed by atoms with van der Waals surface area (Å²) in [7, 11) is 0. The number of carboxylic acid groups (broad SMARTS) is 1. The van der Waals surface area contributed by atoms with Crippen LogP contribution in [0.25, 0.3) is 0 Å². The van der Waals surface area contributed by atoms with E-state index in [4.69, 9.17) is 5.11 Å². The zero-order chi connectivity index (χ0) is 8.27. The Kier molecular flexibility index (Phi) is 2.70. The quantitative estimate of drug-likeness (QED) is 0.579. The maximum atomic E-state index is 10.5. The van der Waals surface area contributed by atoms with E-state index in [9.17, 15) is 4.79 Å². The number of carbonyl (C=O) groups is 1. The predicted octanol–water partition coefficient (Wildman–Crippen LogP) is 0.348. The molecule has 0 spiro atoms. The molecule has 0 aliphatic carbocycles.